The van der Waals surface area contributed by atoms with E-state index in [0.717, 1.165) is 16.7 Å². The molecule has 0 bridgehead atoms. The summed E-state index contributed by atoms with van der Waals surface area (Å²) in [5.41, 5.74) is 4.68. The molecule has 280 valence electrons. The molecule has 0 spiro atoms. The Kier molecular flexibility index (Phi) is 10.1. The van der Waals surface area contributed by atoms with E-state index in [0.29, 0.717) is 39.7 Å². The highest BCUT2D eigenvalue weighted by molar-refractivity contribution is 6.06. The predicted octanol–water partition coefficient (Wildman–Crippen LogP) is 7.44. The summed E-state index contributed by atoms with van der Waals surface area (Å²) in [7, 11) is 0. The second kappa shape index (κ2) is 15.8. The number of hydrogen-bond donors (Lipinski definition) is 0. The zero-order chi connectivity index (χ0) is 38.6. The molecule has 0 aromatic heterocycles. The lowest BCUT2D eigenvalue weighted by atomic mass is 9.67. The monoisotopic (exact) mass is 750 g/mol. The molecule has 11 heteroatoms. The molecule has 0 saturated carbocycles. The van der Waals surface area contributed by atoms with E-state index in [1.807, 2.05) is 91.0 Å². The van der Waals surface area contributed by atoms with Crippen LogP contribution in [0.4, 0.5) is 0 Å². The van der Waals surface area contributed by atoms with E-state index in [-0.39, 0.29) is 32.2 Å². The number of hydrogen-bond acceptors (Lipinski definition) is 11. The molecular weight excluding hydrogens is 716 g/mol. The van der Waals surface area contributed by atoms with E-state index in [9.17, 15) is 24.0 Å². The van der Waals surface area contributed by atoms with Crippen molar-refractivity contribution in [2.75, 3.05) is 13.6 Å². The van der Waals surface area contributed by atoms with Crippen molar-refractivity contribution in [1.29, 1.82) is 0 Å². The second-order valence-corrected chi connectivity index (χ2v) is 13.6. The normalized spacial score (nSPS) is 19.9. The molecule has 11 nitrogen and oxygen atoms in total. The van der Waals surface area contributed by atoms with Crippen molar-refractivity contribution in [3.8, 4) is 34.1 Å². The lowest BCUT2D eigenvalue weighted by Gasteiger charge is -2.33. The summed E-state index contributed by atoms with van der Waals surface area (Å²) in [6, 6.07) is 36.7. The van der Waals surface area contributed by atoms with Crippen LogP contribution in [0.1, 0.15) is 51.7 Å². The van der Waals surface area contributed by atoms with Crippen LogP contribution < -0.4 is 18.9 Å². The molecule has 0 N–H and O–H groups in total. The molecule has 4 unspecified atom stereocenters. The number of ether oxygens (including phenoxy) is 6. The molecule has 5 aromatic carbocycles. The van der Waals surface area contributed by atoms with Crippen LogP contribution in [0.25, 0.3) is 17.2 Å². The lowest BCUT2D eigenvalue weighted by molar-refractivity contribution is -0.155. The van der Waals surface area contributed by atoms with Crippen molar-refractivity contribution in [2.24, 2.45) is 11.8 Å². The van der Waals surface area contributed by atoms with Crippen molar-refractivity contribution in [3.05, 3.63) is 150 Å². The van der Waals surface area contributed by atoms with E-state index in [4.69, 9.17) is 28.4 Å². The first-order valence-corrected chi connectivity index (χ1v) is 18.0. The van der Waals surface area contributed by atoms with Gasteiger partial charge in [-0.2, -0.15) is 0 Å². The number of allylic oxidation sites excluding steroid dienone is 1. The van der Waals surface area contributed by atoms with Gasteiger partial charge in [-0.05, 0) is 94.8 Å². The maximum atomic E-state index is 12.7. The van der Waals surface area contributed by atoms with Crippen LogP contribution in [-0.2, 0) is 28.7 Å². The first-order chi connectivity index (χ1) is 27.3. The van der Waals surface area contributed by atoms with Gasteiger partial charge in [-0.15, -0.1) is 0 Å². The first-order valence-electron chi connectivity index (χ1n) is 18.0. The summed E-state index contributed by atoms with van der Waals surface area (Å²) in [5, 5.41) is 0. The van der Waals surface area contributed by atoms with Crippen molar-refractivity contribution in [2.45, 2.75) is 24.7 Å². The van der Waals surface area contributed by atoms with Crippen LogP contribution >= 0.6 is 0 Å². The third-order valence-corrected chi connectivity index (χ3v) is 10.2. The van der Waals surface area contributed by atoms with Gasteiger partial charge >= 0.3 is 23.9 Å². The molecule has 3 aliphatic rings. The SMILES string of the molecule is O=C1CC(C2CC3C(=O)OC(=O)C3c3cc(OCOc4ccc(-c5ccc(OCOc6ccc(C=CC(=O)c7ccccc7)cc6)cc5)cc4)ccc32)C(=O)O1. The summed E-state index contributed by atoms with van der Waals surface area (Å²) in [6.45, 7) is -0.110. The minimum Gasteiger partial charge on any atom is -0.458 e. The average molecular weight is 751 g/mol. The van der Waals surface area contributed by atoms with E-state index in [1.165, 1.54) is 0 Å². The van der Waals surface area contributed by atoms with Crippen molar-refractivity contribution in [1.82, 2.24) is 0 Å². The molecule has 5 aromatic rings. The van der Waals surface area contributed by atoms with Crippen molar-refractivity contribution >= 4 is 35.7 Å². The highest BCUT2D eigenvalue weighted by atomic mass is 16.7. The van der Waals surface area contributed by atoms with Gasteiger partial charge in [0.25, 0.3) is 0 Å². The zero-order valence-electron chi connectivity index (χ0n) is 29.8. The number of rotatable bonds is 13. The Labute approximate surface area is 321 Å². The molecule has 2 fully saturated rings. The Morgan fingerprint density at radius 3 is 1.71 bits per heavy atom. The Bertz CT molecular complexity index is 2310. The van der Waals surface area contributed by atoms with Gasteiger partial charge in [-0.1, -0.05) is 78.9 Å². The maximum absolute atomic E-state index is 12.7. The zero-order valence-corrected chi connectivity index (χ0v) is 29.8. The van der Waals surface area contributed by atoms with Crippen LogP contribution in [0.3, 0.4) is 0 Å². The van der Waals surface area contributed by atoms with E-state index in [1.54, 1.807) is 42.5 Å². The maximum Gasteiger partial charge on any atom is 0.321 e. The summed E-state index contributed by atoms with van der Waals surface area (Å²) in [5.74, 6) is -3.09. The molecule has 0 radical (unpaired) electrons. The second-order valence-electron chi connectivity index (χ2n) is 13.6. The minimum atomic E-state index is -0.814. The Morgan fingerprint density at radius 2 is 1.12 bits per heavy atom. The highest BCUT2D eigenvalue weighted by Crippen LogP contribution is 2.51. The standard InChI is InChI=1S/C45H34O11/c46-40(30-4-2-1-3-5-30)21-8-27-6-13-31(14-7-27)51-25-52-32-15-9-28(10-16-32)29-11-17-33(18-12-29)53-26-54-34-19-20-35-36(38-24-41(47)55-43(38)48)23-39-42(37(35)22-34)45(50)56-44(39)49/h1-22,36,38-39,42H,23-26H2. The van der Waals surface area contributed by atoms with Gasteiger partial charge in [0, 0.05) is 5.56 Å². The molecular formula is C45H34O11. The molecule has 8 rings (SSSR count). The van der Waals surface area contributed by atoms with Crippen LogP contribution in [0.2, 0.25) is 0 Å². The third-order valence-electron chi connectivity index (χ3n) is 10.2. The Hall–Kier alpha value is -7.01. The highest BCUT2D eigenvalue weighted by Gasteiger charge is 2.53. The molecule has 4 atom stereocenters. The lowest BCUT2D eigenvalue weighted by Crippen LogP contribution is -2.31. The van der Waals surface area contributed by atoms with E-state index >= 15 is 0 Å². The van der Waals surface area contributed by atoms with Gasteiger partial charge in [-0.3, -0.25) is 24.0 Å². The number of carbonyl (C=O) groups is 5. The molecule has 56 heavy (non-hydrogen) atoms. The summed E-state index contributed by atoms with van der Waals surface area (Å²) < 4.78 is 32.9. The topological polar surface area (TPSA) is 141 Å². The van der Waals surface area contributed by atoms with Crippen LogP contribution in [0.15, 0.2) is 127 Å². The van der Waals surface area contributed by atoms with Crippen LogP contribution in [0.5, 0.6) is 23.0 Å². The average Bonchev–Trinajstić information content (AvgIpc) is 3.72. The quantitative estimate of drug-likeness (QED) is 0.0390. The Balaban J connectivity index is 0.818. The van der Waals surface area contributed by atoms with Gasteiger partial charge in [0.2, 0.25) is 13.6 Å². The Morgan fingerprint density at radius 1 is 0.571 bits per heavy atom. The number of carbonyl (C=O) groups excluding carboxylic acids is 5. The summed E-state index contributed by atoms with van der Waals surface area (Å²) in [4.78, 5) is 61.8. The molecule has 2 heterocycles. The van der Waals surface area contributed by atoms with Gasteiger partial charge in [0.1, 0.15) is 23.0 Å². The van der Waals surface area contributed by atoms with E-state index in [2.05, 4.69) is 0 Å². The molecule has 1 aliphatic carbocycles. The fraction of sp³-hybridized carbons (Fsp3) is 0.178. The van der Waals surface area contributed by atoms with E-state index < -0.39 is 47.5 Å². The summed E-state index contributed by atoms with van der Waals surface area (Å²) in [6.07, 6.45) is 3.44. The fourth-order valence-electron chi connectivity index (χ4n) is 7.31. The largest absolute Gasteiger partial charge is 0.458 e. The predicted molar refractivity (Wildman–Crippen MR) is 201 cm³/mol. The van der Waals surface area contributed by atoms with Gasteiger partial charge in [0.15, 0.2) is 5.78 Å². The van der Waals surface area contributed by atoms with Gasteiger partial charge in [0.05, 0.1) is 24.2 Å². The van der Waals surface area contributed by atoms with Gasteiger partial charge in [-0.25, -0.2) is 0 Å². The molecule has 0 amide bonds. The number of ketones is 1. The smallest absolute Gasteiger partial charge is 0.321 e. The number of cyclic esters (lactones) is 4. The first kappa shape index (κ1) is 36.0. The number of fused-ring (bicyclic) bond motifs is 3. The van der Waals surface area contributed by atoms with Crippen molar-refractivity contribution in [3.63, 3.8) is 0 Å². The van der Waals surface area contributed by atoms with Crippen LogP contribution in [0, 0.1) is 11.8 Å². The third kappa shape index (κ3) is 7.78. The minimum absolute atomic E-state index is 0.0213. The molecule has 2 saturated heterocycles. The molecule has 2 aliphatic heterocycles. The van der Waals surface area contributed by atoms with Crippen LogP contribution in [-0.4, -0.2) is 43.2 Å². The number of esters is 4. The van der Waals surface area contributed by atoms with Crippen molar-refractivity contribution < 1.29 is 52.4 Å². The van der Waals surface area contributed by atoms with Gasteiger partial charge < -0.3 is 28.4 Å². The fourth-order valence-corrected chi connectivity index (χ4v) is 7.31. The number of benzene rings is 5. The summed E-state index contributed by atoms with van der Waals surface area (Å²) >= 11 is 0.